The molecule has 2 aromatic carbocycles. The summed E-state index contributed by atoms with van der Waals surface area (Å²) in [7, 11) is 1.71. The molecule has 3 heterocycles. The summed E-state index contributed by atoms with van der Waals surface area (Å²) in [5.41, 5.74) is 4.66. The maximum absolute atomic E-state index is 14.3. The van der Waals surface area contributed by atoms with Gasteiger partial charge in [0.15, 0.2) is 0 Å². The number of alkyl carbamates (subject to hydrolysis) is 1. The van der Waals surface area contributed by atoms with E-state index in [4.69, 9.17) is 4.74 Å². The van der Waals surface area contributed by atoms with Crippen LogP contribution in [0.2, 0.25) is 0 Å². The minimum atomic E-state index is -0.790. The summed E-state index contributed by atoms with van der Waals surface area (Å²) < 4.78 is 5.53. The van der Waals surface area contributed by atoms with Crippen molar-refractivity contribution in [2.45, 2.75) is 102 Å². The molecule has 0 radical (unpaired) electrons. The molecular formula is C41H55N7O5S2. The number of rotatable bonds is 19. The summed E-state index contributed by atoms with van der Waals surface area (Å²) in [6.07, 6.45) is 4.98. The highest BCUT2D eigenvalue weighted by Crippen LogP contribution is 2.20. The van der Waals surface area contributed by atoms with Gasteiger partial charge in [-0.2, -0.15) is 0 Å². The number of ether oxygens (including phenoxy) is 1. The van der Waals surface area contributed by atoms with Gasteiger partial charge in [-0.15, -0.1) is 22.7 Å². The Balaban J connectivity index is 1.28. The third-order valence-corrected chi connectivity index (χ3v) is 11.7. The largest absolute Gasteiger partial charge is 0.444 e. The molecule has 4 N–H and O–H groups in total. The number of aromatic nitrogens is 2. The fraction of sp³-hybridized carbons (Fsp3) is 0.488. The van der Waals surface area contributed by atoms with Gasteiger partial charge in [0, 0.05) is 56.3 Å². The van der Waals surface area contributed by atoms with Gasteiger partial charge < -0.3 is 35.6 Å². The molecule has 12 nitrogen and oxygen atoms in total. The number of urea groups is 1. The van der Waals surface area contributed by atoms with E-state index in [2.05, 4.69) is 44.7 Å². The van der Waals surface area contributed by atoms with Gasteiger partial charge in [-0.1, -0.05) is 74.5 Å². The van der Waals surface area contributed by atoms with Gasteiger partial charge in [0.1, 0.15) is 12.6 Å². The van der Waals surface area contributed by atoms with Crippen molar-refractivity contribution in [3.63, 3.8) is 0 Å². The Morgan fingerprint density at radius 3 is 2.13 bits per heavy atom. The zero-order valence-corrected chi connectivity index (χ0v) is 33.7. The zero-order chi connectivity index (χ0) is 39.0. The van der Waals surface area contributed by atoms with Crippen molar-refractivity contribution in [3.8, 4) is 0 Å². The molecule has 1 fully saturated rings. The van der Waals surface area contributed by atoms with E-state index in [1.807, 2.05) is 66.0 Å². The molecular weight excluding hydrogens is 735 g/mol. The highest BCUT2D eigenvalue weighted by atomic mass is 32.1. The topological polar surface area (TPSA) is 149 Å². The molecule has 0 aliphatic carbocycles. The molecule has 2 aromatic heterocycles. The Labute approximate surface area is 332 Å². The number of nitrogens with one attached hydrogen (secondary N) is 3. The summed E-state index contributed by atoms with van der Waals surface area (Å²) in [6.45, 7) is 6.74. The lowest BCUT2D eigenvalue weighted by Gasteiger charge is -2.31. The van der Waals surface area contributed by atoms with Crippen LogP contribution in [0.3, 0.4) is 0 Å². The van der Waals surface area contributed by atoms with Gasteiger partial charge in [-0.25, -0.2) is 14.6 Å². The average Bonchev–Trinajstić information content (AvgIpc) is 3.89. The van der Waals surface area contributed by atoms with Crippen molar-refractivity contribution < 1.29 is 24.2 Å². The first-order chi connectivity index (χ1) is 26.6. The van der Waals surface area contributed by atoms with Crippen LogP contribution in [0.15, 0.2) is 77.8 Å². The van der Waals surface area contributed by atoms with E-state index in [1.165, 1.54) is 11.3 Å². The van der Waals surface area contributed by atoms with Crippen LogP contribution in [0.4, 0.5) is 9.59 Å². The maximum atomic E-state index is 14.3. The van der Waals surface area contributed by atoms with Crippen LogP contribution >= 0.6 is 22.7 Å². The standard InChI is InChI=1S/C41H55N7O5S2/c1-29(2)39-44-34(27-54-39)25-47(3)40(51)46-37(18-21-48-19-16-35(49)17-20-48)38(50)43-32(22-30-10-6-4-7-11-30)14-15-33(23-31-12-8-5-9-13-31)45-41(52)53-26-36-24-42-28-55-36/h4-13,24,27-29,32-33,35,37,49H,14-23,25-26H2,1-3H3,(H,43,50)(H,45,52)(H,46,51)/t32-,33-,37+/m1/s1. The number of aliphatic hydroxyl groups excluding tert-OH is 1. The van der Waals surface area contributed by atoms with Gasteiger partial charge >= 0.3 is 12.1 Å². The lowest BCUT2D eigenvalue weighted by Crippen LogP contribution is -2.54. The number of carbonyl (C=O) groups excluding carboxylic acids is 3. The van der Waals surface area contributed by atoms with Gasteiger partial charge in [0.2, 0.25) is 5.91 Å². The Morgan fingerprint density at radius 1 is 0.909 bits per heavy atom. The zero-order valence-electron chi connectivity index (χ0n) is 32.1. The number of thiazole rings is 2. The molecule has 0 spiro atoms. The lowest BCUT2D eigenvalue weighted by atomic mass is 9.95. The van der Waals surface area contributed by atoms with Crippen molar-refractivity contribution in [1.29, 1.82) is 0 Å². The highest BCUT2D eigenvalue weighted by Gasteiger charge is 2.28. The first-order valence-electron chi connectivity index (χ1n) is 19.2. The Bertz CT molecular complexity index is 1730. The third kappa shape index (κ3) is 14.3. The van der Waals surface area contributed by atoms with Crippen LogP contribution in [-0.4, -0.2) is 93.8 Å². The number of hydrogen-bond donors (Lipinski definition) is 4. The Morgan fingerprint density at radius 2 is 1.55 bits per heavy atom. The molecule has 0 bridgehead atoms. The smallest absolute Gasteiger partial charge is 0.407 e. The summed E-state index contributed by atoms with van der Waals surface area (Å²) in [5, 5.41) is 22.4. The second-order valence-electron chi connectivity index (χ2n) is 14.6. The number of nitrogens with zero attached hydrogens (tertiary/aromatic N) is 4. The fourth-order valence-electron chi connectivity index (χ4n) is 6.57. The monoisotopic (exact) mass is 789 g/mol. The number of likely N-dealkylation sites (tertiary alicyclic amines) is 1. The summed E-state index contributed by atoms with van der Waals surface area (Å²) >= 11 is 3.01. The van der Waals surface area contributed by atoms with E-state index >= 15 is 0 Å². The Kier molecular flexibility index (Phi) is 16.4. The number of aliphatic hydroxyl groups is 1. The van der Waals surface area contributed by atoms with Crippen LogP contribution in [-0.2, 0) is 35.5 Å². The first kappa shape index (κ1) is 41.8. The number of hydrogen-bond acceptors (Lipinski definition) is 10. The summed E-state index contributed by atoms with van der Waals surface area (Å²) in [5.74, 6) is 0.0464. The van der Waals surface area contributed by atoms with Crippen LogP contribution in [0.25, 0.3) is 0 Å². The van der Waals surface area contributed by atoms with Crippen LogP contribution in [0, 0.1) is 0 Å². The Hall–Kier alpha value is -4.37. The summed E-state index contributed by atoms with van der Waals surface area (Å²) in [6, 6.07) is 18.3. The minimum Gasteiger partial charge on any atom is -0.444 e. The predicted molar refractivity (Wildman–Crippen MR) is 217 cm³/mol. The van der Waals surface area contributed by atoms with E-state index in [1.54, 1.807) is 35.0 Å². The molecule has 1 aliphatic rings. The number of amides is 4. The molecule has 55 heavy (non-hydrogen) atoms. The normalized spacial score (nSPS) is 15.2. The van der Waals surface area contributed by atoms with Gasteiger partial charge in [0.05, 0.1) is 33.7 Å². The molecule has 1 saturated heterocycles. The minimum absolute atomic E-state index is 0.143. The van der Waals surface area contributed by atoms with Crippen LogP contribution in [0.1, 0.15) is 78.6 Å². The number of benzene rings is 2. The van der Waals surface area contributed by atoms with Gasteiger partial charge in [-0.05, 0) is 56.1 Å². The number of carbonyl (C=O) groups is 3. The fourth-order valence-corrected chi connectivity index (χ4v) is 7.90. The molecule has 0 saturated carbocycles. The SMILES string of the molecule is CC(C)c1nc(CN(C)C(=O)N[C@@H](CCN2CCC(O)CC2)C(=O)N[C@H](CC[C@H](Cc2ccccc2)NC(=O)OCc2cncs2)Cc2ccccc2)cs1. The van der Waals surface area contributed by atoms with E-state index < -0.39 is 12.1 Å². The van der Waals surface area contributed by atoms with Crippen molar-refractivity contribution >= 4 is 40.7 Å². The molecule has 4 amide bonds. The first-order valence-corrected chi connectivity index (χ1v) is 20.9. The number of piperidine rings is 1. The average molecular weight is 790 g/mol. The molecule has 1 aliphatic heterocycles. The quantitative estimate of drug-likeness (QED) is 0.0888. The molecule has 4 aromatic rings. The second-order valence-corrected chi connectivity index (χ2v) is 16.5. The van der Waals surface area contributed by atoms with Crippen molar-refractivity contribution in [3.05, 3.63) is 104 Å². The van der Waals surface area contributed by atoms with Gasteiger partial charge in [-0.3, -0.25) is 9.78 Å². The third-order valence-electron chi connectivity index (χ3n) is 9.73. The van der Waals surface area contributed by atoms with Gasteiger partial charge in [0.25, 0.3) is 0 Å². The maximum Gasteiger partial charge on any atom is 0.407 e. The molecule has 3 atom stereocenters. The molecule has 0 unspecified atom stereocenters. The van der Waals surface area contributed by atoms with Crippen molar-refractivity contribution in [2.75, 3.05) is 26.7 Å². The van der Waals surface area contributed by atoms with E-state index in [9.17, 15) is 19.5 Å². The van der Waals surface area contributed by atoms with E-state index in [-0.39, 0.29) is 36.7 Å². The van der Waals surface area contributed by atoms with E-state index in [0.29, 0.717) is 64.0 Å². The highest BCUT2D eigenvalue weighted by molar-refractivity contribution is 7.09. The summed E-state index contributed by atoms with van der Waals surface area (Å²) in [4.78, 5) is 54.2. The lowest BCUT2D eigenvalue weighted by molar-refractivity contribution is -0.124. The van der Waals surface area contributed by atoms with Crippen LogP contribution < -0.4 is 16.0 Å². The van der Waals surface area contributed by atoms with Crippen molar-refractivity contribution in [2.24, 2.45) is 0 Å². The molecule has 14 heteroatoms. The molecule has 5 rings (SSSR count). The molecule has 296 valence electrons. The predicted octanol–water partition coefficient (Wildman–Crippen LogP) is 6.13. The second kappa shape index (κ2) is 21.6. The van der Waals surface area contributed by atoms with E-state index in [0.717, 1.165) is 39.8 Å². The van der Waals surface area contributed by atoms with Crippen molar-refractivity contribution in [1.82, 2.24) is 35.7 Å². The van der Waals surface area contributed by atoms with Crippen LogP contribution in [0.5, 0.6) is 0 Å².